The molecule has 2 amide bonds. The van der Waals surface area contributed by atoms with E-state index in [1.165, 1.54) is 17.5 Å². The molecule has 11 nitrogen and oxygen atoms in total. The van der Waals surface area contributed by atoms with Gasteiger partial charge >= 0.3 is 0 Å². The summed E-state index contributed by atoms with van der Waals surface area (Å²) in [6.45, 7) is 2.00. The molecule has 0 spiro atoms. The van der Waals surface area contributed by atoms with Crippen LogP contribution in [0, 0.1) is 29.9 Å². The lowest BCUT2D eigenvalue weighted by Gasteiger charge is -2.11. The van der Waals surface area contributed by atoms with Crippen molar-refractivity contribution >= 4 is 38.3 Å². The van der Waals surface area contributed by atoms with Crippen molar-refractivity contribution in [3.8, 4) is 6.07 Å². The molecule has 0 saturated heterocycles. The normalized spacial score (nSPS) is 11.0. The maximum atomic E-state index is 12.2. The zero-order valence-corrected chi connectivity index (χ0v) is 24.6. The van der Waals surface area contributed by atoms with E-state index in [1.54, 1.807) is 6.92 Å². The summed E-state index contributed by atoms with van der Waals surface area (Å²) < 4.78 is 48.8. The third-order valence-electron chi connectivity index (χ3n) is 4.71. The number of carbonyl (C=O) groups is 2. The summed E-state index contributed by atoms with van der Waals surface area (Å²) in [5.74, 6) is -1.95. The van der Waals surface area contributed by atoms with Crippen molar-refractivity contribution in [3.05, 3.63) is 82.4 Å². The quantitative estimate of drug-likeness (QED) is 0.202. The predicted molar refractivity (Wildman–Crippen MR) is 155 cm³/mol. The number of nitrogens with one attached hydrogen (secondary N) is 3. The molecule has 0 radical (unpaired) electrons. The number of thiazole rings is 1. The number of hydrogen-bond acceptors (Lipinski definition) is 9. The Morgan fingerprint density at radius 2 is 1.76 bits per heavy atom. The van der Waals surface area contributed by atoms with Crippen LogP contribution in [0.15, 0.2) is 53.9 Å². The number of amides is 2. The molecule has 0 saturated carbocycles. The minimum absolute atomic E-state index is 0.0203. The van der Waals surface area contributed by atoms with Crippen molar-refractivity contribution < 1.29 is 37.0 Å². The van der Waals surface area contributed by atoms with Crippen LogP contribution in [-0.2, 0) is 21.4 Å². The minimum Gasteiger partial charge on any atom is -0.396 e. The fourth-order valence-corrected chi connectivity index (χ4v) is 4.43. The van der Waals surface area contributed by atoms with Crippen molar-refractivity contribution in [3.63, 3.8) is 0 Å². The first-order chi connectivity index (χ1) is 19.8. The van der Waals surface area contributed by atoms with E-state index in [-0.39, 0.29) is 36.3 Å². The van der Waals surface area contributed by atoms with Crippen LogP contribution in [0.25, 0.3) is 0 Å². The smallest absolute Gasteiger partial charge is 0.270 e. The van der Waals surface area contributed by atoms with E-state index < -0.39 is 33.7 Å². The number of aliphatic hydroxyl groups is 2. The van der Waals surface area contributed by atoms with Crippen LogP contribution < -0.4 is 15.4 Å². The molecule has 5 N–H and O–H groups in total. The summed E-state index contributed by atoms with van der Waals surface area (Å²) in [6.07, 6.45) is 0.836. The Morgan fingerprint density at radius 1 is 1.12 bits per heavy atom. The lowest BCUT2D eigenvalue weighted by Crippen LogP contribution is -2.36. The molecule has 3 aromatic rings. The average Bonchev–Trinajstić information content (AvgIpc) is 3.37. The van der Waals surface area contributed by atoms with Gasteiger partial charge in [-0.15, -0.1) is 11.3 Å². The second-order valence-electron chi connectivity index (χ2n) is 8.67. The van der Waals surface area contributed by atoms with Gasteiger partial charge in [-0.1, -0.05) is 30.3 Å². The summed E-state index contributed by atoms with van der Waals surface area (Å²) in [7, 11) is -3.47. The predicted octanol–water partition coefficient (Wildman–Crippen LogP) is 2.87. The number of hydrogen-bond donors (Lipinski definition) is 5. The van der Waals surface area contributed by atoms with Crippen LogP contribution in [-0.4, -0.2) is 60.9 Å². The first kappa shape index (κ1) is 36.1. The molecule has 0 bridgehead atoms. The Kier molecular flexibility index (Phi) is 16.5. The molecule has 42 heavy (non-hydrogen) atoms. The molecule has 15 heteroatoms. The van der Waals surface area contributed by atoms with E-state index >= 15 is 0 Å². The molecule has 0 aliphatic rings. The molecule has 1 heterocycles. The fraction of sp³-hybridized carbons (Fsp3) is 0.333. The van der Waals surface area contributed by atoms with Gasteiger partial charge in [0.1, 0.15) is 17.3 Å². The maximum Gasteiger partial charge on any atom is 0.270 e. The van der Waals surface area contributed by atoms with Crippen molar-refractivity contribution in [1.29, 1.82) is 5.26 Å². The summed E-state index contributed by atoms with van der Waals surface area (Å²) >= 11 is 0.965. The summed E-state index contributed by atoms with van der Waals surface area (Å²) in [6, 6.07) is 14.7. The van der Waals surface area contributed by atoms with E-state index in [9.17, 15) is 31.9 Å². The van der Waals surface area contributed by atoms with Crippen molar-refractivity contribution in [2.75, 3.05) is 24.1 Å². The average molecular weight is 626 g/mol. The topological polar surface area (TPSA) is 182 Å². The van der Waals surface area contributed by atoms with Crippen molar-refractivity contribution in [2.24, 2.45) is 0 Å². The van der Waals surface area contributed by atoms with Crippen LogP contribution >= 0.6 is 11.3 Å². The van der Waals surface area contributed by atoms with Gasteiger partial charge < -0.3 is 20.8 Å². The maximum absolute atomic E-state index is 12.2. The number of nitrogens with zero attached hydrogens (tertiary/aromatic N) is 2. The highest BCUT2D eigenvalue weighted by Gasteiger charge is 2.16. The van der Waals surface area contributed by atoms with Crippen LogP contribution in [0.2, 0.25) is 0 Å². The van der Waals surface area contributed by atoms with Crippen LogP contribution in [0.5, 0.6) is 0 Å². The Bertz CT molecular complexity index is 1370. The number of nitriles is 1. The van der Waals surface area contributed by atoms with Crippen LogP contribution in [0.1, 0.15) is 40.9 Å². The molecule has 0 aliphatic heterocycles. The number of rotatable bonds is 11. The number of benzene rings is 2. The molecule has 1 aromatic heterocycles. The number of aliphatic hydroxyl groups excluding tert-OH is 2. The molecule has 2 aromatic carbocycles. The van der Waals surface area contributed by atoms with Crippen LogP contribution in [0.4, 0.5) is 13.9 Å². The fourth-order valence-electron chi connectivity index (χ4n) is 2.89. The van der Waals surface area contributed by atoms with E-state index in [0.717, 1.165) is 29.2 Å². The van der Waals surface area contributed by atoms with Gasteiger partial charge in [0.15, 0.2) is 5.13 Å². The Hall–Kier alpha value is -3.97. The Balaban J connectivity index is 0.000000478. The van der Waals surface area contributed by atoms with E-state index in [1.807, 2.05) is 36.4 Å². The first-order valence-corrected chi connectivity index (χ1v) is 15.2. The number of carbonyl (C=O) groups excluding carboxylic acids is 2. The van der Waals surface area contributed by atoms with Gasteiger partial charge in [-0.25, -0.2) is 22.2 Å². The Labute approximate surface area is 247 Å². The number of sulfonamides is 1. The molecule has 0 fully saturated rings. The first-order valence-electron chi connectivity index (χ1n) is 12.4. The molecule has 3 rings (SSSR count). The van der Waals surface area contributed by atoms with E-state index in [4.69, 9.17) is 10.4 Å². The van der Waals surface area contributed by atoms with Crippen LogP contribution in [0.3, 0.4) is 0 Å². The molecular weight excluding hydrogens is 592 g/mol. The van der Waals surface area contributed by atoms with E-state index in [0.29, 0.717) is 24.9 Å². The number of anilines is 1. The van der Waals surface area contributed by atoms with Crippen molar-refractivity contribution in [1.82, 2.24) is 15.6 Å². The zero-order chi connectivity index (χ0) is 31.5. The van der Waals surface area contributed by atoms with Gasteiger partial charge in [0.2, 0.25) is 15.9 Å². The molecule has 228 valence electrons. The minimum atomic E-state index is -3.47. The van der Waals surface area contributed by atoms with E-state index in [2.05, 4.69) is 20.3 Å². The van der Waals surface area contributed by atoms with Gasteiger partial charge in [-0.05, 0) is 36.6 Å². The number of aryl methyl sites for hydroxylation is 1. The second kappa shape index (κ2) is 19.2. The SMILES string of the molecule is CS(=O)(=O)Nc1nc(C(=O)NCC(O)CC(=O)NCc2ccccc2)cs1.Cc1cc(F)cc(F)c1.N#CCCCO. The highest BCUT2D eigenvalue weighted by Crippen LogP contribution is 2.16. The van der Waals surface area contributed by atoms with Gasteiger partial charge in [0.25, 0.3) is 5.91 Å². The van der Waals surface area contributed by atoms with Gasteiger partial charge in [-0.3, -0.25) is 14.3 Å². The number of unbranched alkanes of at least 4 members (excludes halogenated alkanes) is 1. The standard InChI is InChI=1S/C16H20N4O5S2.C7H6F2.C4H7NO/c1-27(24,25)20-16-19-13(10-26-16)15(23)18-9-12(21)7-14(22)17-8-11-5-3-2-4-6-11;1-5-2-6(8)4-7(9)3-5;5-3-1-2-4-6/h2-6,10,12,21H,7-9H2,1H3,(H,17,22)(H,18,23)(H,19,20);2-4H,1H3;6H,1-2,4H2. The zero-order valence-electron chi connectivity index (χ0n) is 23.0. The molecule has 0 aliphatic carbocycles. The lowest BCUT2D eigenvalue weighted by molar-refractivity contribution is -0.123. The highest BCUT2D eigenvalue weighted by atomic mass is 32.2. The van der Waals surface area contributed by atoms with Gasteiger partial charge in [0.05, 0.1) is 24.8 Å². The summed E-state index contributed by atoms with van der Waals surface area (Å²) in [4.78, 5) is 27.6. The monoisotopic (exact) mass is 625 g/mol. The van der Waals surface area contributed by atoms with Gasteiger partial charge in [-0.2, -0.15) is 5.26 Å². The van der Waals surface area contributed by atoms with Gasteiger partial charge in [0, 0.05) is 37.6 Å². The van der Waals surface area contributed by atoms with Crippen molar-refractivity contribution in [2.45, 2.75) is 38.8 Å². The largest absolute Gasteiger partial charge is 0.396 e. The summed E-state index contributed by atoms with van der Waals surface area (Å²) in [5, 5.41) is 32.4. The number of aromatic nitrogens is 1. The molecule has 1 unspecified atom stereocenters. The third kappa shape index (κ3) is 17.0. The second-order valence-corrected chi connectivity index (χ2v) is 11.3. The lowest BCUT2D eigenvalue weighted by atomic mass is 10.2. The summed E-state index contributed by atoms with van der Waals surface area (Å²) in [5.41, 5.74) is 1.56. The Morgan fingerprint density at radius 3 is 2.29 bits per heavy atom. The third-order valence-corrected chi connectivity index (χ3v) is 6.17. The molecule has 1 atom stereocenters. The molecular formula is C27H33F2N5O6S2. The number of halogens is 2. The highest BCUT2D eigenvalue weighted by molar-refractivity contribution is 7.92.